The monoisotopic (exact) mass is 425 g/mol. The summed E-state index contributed by atoms with van der Waals surface area (Å²) in [5, 5.41) is 28.5. The molecule has 0 saturated heterocycles. The predicted octanol–water partition coefficient (Wildman–Crippen LogP) is 2.66. The maximum atomic E-state index is 12.3. The van der Waals surface area contributed by atoms with E-state index in [0.717, 1.165) is 0 Å². The number of phenolic OH excluding ortho intramolecular Hbond substituents is 2. The summed E-state index contributed by atoms with van der Waals surface area (Å²) in [6.07, 6.45) is -0.541. The maximum absolute atomic E-state index is 12.3. The third kappa shape index (κ3) is 6.27. The second-order valence-corrected chi connectivity index (χ2v) is 6.40. The van der Waals surface area contributed by atoms with Crippen molar-refractivity contribution in [1.82, 2.24) is 0 Å². The van der Waals surface area contributed by atoms with Crippen LogP contribution >= 0.6 is 12.4 Å². The molecule has 5 N–H and O–H groups in total. The lowest BCUT2D eigenvalue weighted by atomic mass is 9.87. The van der Waals surface area contributed by atoms with Crippen molar-refractivity contribution in [3.63, 3.8) is 0 Å². The molecule has 0 radical (unpaired) electrons. The molecule has 0 spiro atoms. The van der Waals surface area contributed by atoms with Crippen LogP contribution in [0.2, 0.25) is 0 Å². The number of ether oxygens (including phenoxy) is 2. The largest absolute Gasteiger partial charge is 0.504 e. The number of carboxylic acids is 1. The van der Waals surface area contributed by atoms with Gasteiger partial charge in [0.1, 0.15) is 17.9 Å². The van der Waals surface area contributed by atoms with Gasteiger partial charge in [-0.2, -0.15) is 0 Å². The number of halogens is 1. The van der Waals surface area contributed by atoms with E-state index in [1.807, 2.05) is 0 Å². The van der Waals surface area contributed by atoms with Crippen LogP contribution < -0.4 is 10.5 Å². The number of carboxylic acid groups (broad SMARTS) is 1. The lowest BCUT2D eigenvalue weighted by Gasteiger charge is -2.25. The lowest BCUT2D eigenvalue weighted by molar-refractivity contribution is -0.139. The van der Waals surface area contributed by atoms with Crippen LogP contribution in [0.3, 0.4) is 0 Å². The van der Waals surface area contributed by atoms with E-state index in [4.69, 9.17) is 15.2 Å². The van der Waals surface area contributed by atoms with Gasteiger partial charge in [-0.3, -0.25) is 4.79 Å². The van der Waals surface area contributed by atoms with Gasteiger partial charge in [0.05, 0.1) is 12.7 Å². The second kappa shape index (κ2) is 10.5. The van der Waals surface area contributed by atoms with Gasteiger partial charge >= 0.3 is 11.9 Å². The molecule has 0 amide bonds. The summed E-state index contributed by atoms with van der Waals surface area (Å²) in [5.74, 6) is -2.65. The molecule has 8 nitrogen and oxygen atoms in total. The molecule has 2 aromatic rings. The normalized spacial score (nSPS) is 13.5. The number of aromatic hydroxyl groups is 2. The molecular formula is C20H24ClNO7. The number of hydrogen-bond donors (Lipinski definition) is 4. The number of nitrogens with two attached hydrogens (primary N) is 1. The van der Waals surface area contributed by atoms with Gasteiger partial charge in [-0.25, -0.2) is 4.79 Å². The fraction of sp³-hybridized carbons (Fsp3) is 0.300. The molecule has 2 rings (SSSR count). The predicted molar refractivity (Wildman–Crippen MR) is 108 cm³/mol. The molecule has 0 aromatic heterocycles. The van der Waals surface area contributed by atoms with Gasteiger partial charge in [0, 0.05) is 5.92 Å². The van der Waals surface area contributed by atoms with E-state index in [9.17, 15) is 24.9 Å². The number of esters is 1. The molecule has 0 saturated carbocycles. The number of benzene rings is 2. The standard InChI is InChI=1S/C20H23NO7.ClH/c1-11(28-20(26)12-3-6-14(27-2)7-4-12)9-15(18(21)19(24)25)13-5-8-16(22)17(23)10-13;/h3-8,10-11,15,18,22-23H,9,21H2,1-2H3,(H,24,25);1H/t11-,15?,18+;/m1./s1. The highest BCUT2D eigenvalue weighted by molar-refractivity contribution is 5.89. The zero-order valence-electron chi connectivity index (χ0n) is 15.9. The summed E-state index contributed by atoms with van der Waals surface area (Å²) >= 11 is 0. The van der Waals surface area contributed by atoms with Crippen LogP contribution in [-0.4, -0.2) is 46.5 Å². The molecule has 29 heavy (non-hydrogen) atoms. The summed E-state index contributed by atoms with van der Waals surface area (Å²) < 4.78 is 10.4. The van der Waals surface area contributed by atoms with Crippen LogP contribution in [-0.2, 0) is 9.53 Å². The second-order valence-electron chi connectivity index (χ2n) is 6.40. The molecule has 0 aliphatic heterocycles. The Bertz CT molecular complexity index is 841. The van der Waals surface area contributed by atoms with E-state index >= 15 is 0 Å². The van der Waals surface area contributed by atoms with Crippen LogP contribution in [0.5, 0.6) is 17.2 Å². The Morgan fingerprint density at radius 1 is 1.07 bits per heavy atom. The first-order valence-electron chi connectivity index (χ1n) is 8.58. The first-order valence-corrected chi connectivity index (χ1v) is 8.58. The fourth-order valence-electron chi connectivity index (χ4n) is 2.82. The highest BCUT2D eigenvalue weighted by atomic mass is 35.5. The van der Waals surface area contributed by atoms with E-state index in [-0.39, 0.29) is 30.3 Å². The van der Waals surface area contributed by atoms with E-state index in [1.165, 1.54) is 25.3 Å². The van der Waals surface area contributed by atoms with E-state index in [2.05, 4.69) is 0 Å². The van der Waals surface area contributed by atoms with Crippen molar-refractivity contribution in [2.24, 2.45) is 5.73 Å². The van der Waals surface area contributed by atoms with E-state index in [0.29, 0.717) is 16.9 Å². The fourth-order valence-corrected chi connectivity index (χ4v) is 2.82. The average Bonchev–Trinajstić information content (AvgIpc) is 2.67. The Balaban J connectivity index is 0.00000420. The first kappa shape index (κ1) is 24.1. The van der Waals surface area contributed by atoms with Crippen molar-refractivity contribution in [1.29, 1.82) is 0 Å². The number of carbonyl (C=O) groups excluding carboxylic acids is 1. The zero-order chi connectivity index (χ0) is 20.8. The Kier molecular flexibility index (Phi) is 8.75. The Morgan fingerprint density at radius 2 is 1.69 bits per heavy atom. The highest BCUT2D eigenvalue weighted by Gasteiger charge is 2.29. The third-order valence-electron chi connectivity index (χ3n) is 4.37. The number of methoxy groups -OCH3 is 1. The van der Waals surface area contributed by atoms with Gasteiger partial charge in [-0.15, -0.1) is 12.4 Å². The van der Waals surface area contributed by atoms with Gasteiger partial charge in [0.15, 0.2) is 11.5 Å². The topological polar surface area (TPSA) is 139 Å². The Labute approximate surface area is 174 Å². The number of carbonyl (C=O) groups is 2. The van der Waals surface area contributed by atoms with Gasteiger partial charge in [0.25, 0.3) is 0 Å². The molecule has 0 fully saturated rings. The van der Waals surface area contributed by atoms with Crippen molar-refractivity contribution in [2.45, 2.75) is 31.4 Å². The van der Waals surface area contributed by atoms with Crippen LogP contribution in [0.15, 0.2) is 42.5 Å². The van der Waals surface area contributed by atoms with Crippen molar-refractivity contribution in [3.8, 4) is 17.2 Å². The minimum Gasteiger partial charge on any atom is -0.504 e. The zero-order valence-corrected chi connectivity index (χ0v) is 16.8. The van der Waals surface area contributed by atoms with E-state index in [1.54, 1.807) is 31.2 Å². The SMILES string of the molecule is COc1ccc(C(=O)O[C@H](C)CC(c2ccc(O)c(O)c2)[C@H](N)C(=O)O)cc1.Cl. The quantitative estimate of drug-likeness (QED) is 0.374. The van der Waals surface area contributed by atoms with Gasteiger partial charge in [-0.05, 0) is 55.3 Å². The van der Waals surface area contributed by atoms with Crippen LogP contribution in [0, 0.1) is 0 Å². The average molecular weight is 426 g/mol. The summed E-state index contributed by atoms with van der Waals surface area (Å²) in [7, 11) is 1.52. The van der Waals surface area contributed by atoms with Crippen LogP contribution in [0.4, 0.5) is 0 Å². The lowest BCUT2D eigenvalue weighted by Crippen LogP contribution is -2.38. The minimum atomic E-state index is -1.29. The van der Waals surface area contributed by atoms with Crippen molar-refractivity contribution in [3.05, 3.63) is 53.6 Å². The third-order valence-corrected chi connectivity index (χ3v) is 4.37. The summed E-state index contributed by atoms with van der Waals surface area (Å²) in [5.41, 5.74) is 6.55. The number of aliphatic carboxylic acids is 1. The number of phenols is 2. The summed E-state index contributed by atoms with van der Waals surface area (Å²) in [6, 6.07) is 9.07. The number of rotatable bonds is 8. The molecule has 1 unspecified atom stereocenters. The molecule has 0 heterocycles. The molecule has 158 valence electrons. The van der Waals surface area contributed by atoms with Crippen LogP contribution in [0.1, 0.15) is 35.2 Å². The van der Waals surface area contributed by atoms with Gasteiger partial charge in [0.2, 0.25) is 0 Å². The molecule has 0 bridgehead atoms. The smallest absolute Gasteiger partial charge is 0.338 e. The van der Waals surface area contributed by atoms with Crippen LogP contribution in [0.25, 0.3) is 0 Å². The minimum absolute atomic E-state index is 0. The van der Waals surface area contributed by atoms with Crippen molar-refractivity contribution >= 4 is 24.3 Å². The number of hydrogen-bond acceptors (Lipinski definition) is 7. The maximum Gasteiger partial charge on any atom is 0.338 e. The Morgan fingerprint density at radius 3 is 2.21 bits per heavy atom. The molecule has 0 aliphatic carbocycles. The summed E-state index contributed by atoms with van der Waals surface area (Å²) in [6.45, 7) is 1.63. The highest BCUT2D eigenvalue weighted by Crippen LogP contribution is 2.32. The van der Waals surface area contributed by atoms with Gasteiger partial charge < -0.3 is 30.5 Å². The molecule has 2 aromatic carbocycles. The first-order chi connectivity index (χ1) is 13.2. The van der Waals surface area contributed by atoms with Crippen molar-refractivity contribution < 1.29 is 34.4 Å². The Hall–Kier alpha value is -2.97. The van der Waals surface area contributed by atoms with Crippen molar-refractivity contribution in [2.75, 3.05) is 7.11 Å². The van der Waals surface area contributed by atoms with Gasteiger partial charge in [-0.1, -0.05) is 6.07 Å². The molecular weight excluding hydrogens is 402 g/mol. The van der Waals surface area contributed by atoms with E-state index < -0.39 is 30.0 Å². The molecule has 3 atom stereocenters. The summed E-state index contributed by atoms with van der Waals surface area (Å²) in [4.78, 5) is 23.7. The molecule has 9 heteroatoms. The molecule has 0 aliphatic rings.